The van der Waals surface area contributed by atoms with Crippen LogP contribution in [-0.2, 0) is 17.6 Å². The summed E-state index contributed by atoms with van der Waals surface area (Å²) in [6.07, 6.45) is 1.98. The number of esters is 1. The molecule has 3 rings (SSSR count). The van der Waals surface area contributed by atoms with Crippen molar-refractivity contribution in [3.63, 3.8) is 0 Å². The third-order valence-corrected chi connectivity index (χ3v) is 5.77. The summed E-state index contributed by atoms with van der Waals surface area (Å²) in [7, 11) is 1.39. The van der Waals surface area contributed by atoms with Gasteiger partial charge in [0.15, 0.2) is 0 Å². The van der Waals surface area contributed by atoms with Crippen LogP contribution in [0.15, 0.2) is 24.3 Å². The fourth-order valence-electron chi connectivity index (χ4n) is 3.37. The molecule has 2 aromatic rings. The number of carbonyl (C=O) groups is 1. The maximum atomic E-state index is 11.8. The summed E-state index contributed by atoms with van der Waals surface area (Å²) < 4.78 is 4.83. The number of nitrogens with two attached hydrogens (primary N) is 1. The third-order valence-electron chi connectivity index (χ3n) is 4.59. The van der Waals surface area contributed by atoms with Gasteiger partial charge < -0.3 is 15.4 Å². The Labute approximate surface area is 140 Å². The van der Waals surface area contributed by atoms with Gasteiger partial charge in [-0.15, -0.1) is 11.3 Å². The van der Waals surface area contributed by atoms with Crippen molar-refractivity contribution in [2.45, 2.75) is 32.7 Å². The first-order chi connectivity index (χ1) is 11.0. The van der Waals surface area contributed by atoms with Crippen LogP contribution in [0.25, 0.3) is 0 Å². The number of rotatable bonds is 4. The first kappa shape index (κ1) is 15.9. The number of methoxy groups -OCH3 is 1. The van der Waals surface area contributed by atoms with Crippen LogP contribution in [0.1, 0.15) is 33.3 Å². The number of benzene rings is 1. The van der Waals surface area contributed by atoms with Crippen LogP contribution in [0.2, 0.25) is 0 Å². The average molecular weight is 330 g/mol. The minimum atomic E-state index is -0.345. The molecule has 1 atom stereocenters. The van der Waals surface area contributed by atoms with Gasteiger partial charge in [0, 0.05) is 23.2 Å². The molecule has 0 aliphatic carbocycles. The average Bonchev–Trinajstić information content (AvgIpc) is 3.00. The van der Waals surface area contributed by atoms with Gasteiger partial charge in [-0.25, -0.2) is 4.79 Å². The zero-order valence-electron chi connectivity index (χ0n) is 13.8. The molecule has 0 spiro atoms. The van der Waals surface area contributed by atoms with Gasteiger partial charge in [0.1, 0.15) is 5.00 Å². The Morgan fingerprint density at radius 1 is 1.43 bits per heavy atom. The summed E-state index contributed by atoms with van der Waals surface area (Å²) in [4.78, 5) is 15.5. The fraction of sp³-hybridized carbons (Fsp3) is 0.389. The third kappa shape index (κ3) is 2.81. The van der Waals surface area contributed by atoms with Crippen molar-refractivity contribution in [3.05, 3.63) is 45.8 Å². The number of fused-ring (bicyclic) bond motifs is 1. The highest BCUT2D eigenvalue weighted by molar-refractivity contribution is 7.16. The van der Waals surface area contributed by atoms with Gasteiger partial charge in [-0.3, -0.25) is 0 Å². The minimum absolute atomic E-state index is 0.345. The second kappa shape index (κ2) is 6.24. The van der Waals surface area contributed by atoms with E-state index >= 15 is 0 Å². The zero-order chi connectivity index (χ0) is 16.6. The number of ether oxygens (including phenoxy) is 1. The van der Waals surface area contributed by atoms with Crippen LogP contribution in [0, 0.1) is 6.92 Å². The molecule has 2 N–H and O–H groups in total. The maximum Gasteiger partial charge on any atom is 0.341 e. The van der Waals surface area contributed by atoms with Gasteiger partial charge in [-0.2, -0.15) is 0 Å². The van der Waals surface area contributed by atoms with Crippen molar-refractivity contribution in [1.82, 2.24) is 0 Å². The standard InChI is InChI=1S/C18H22N2O2S/c1-11-10-13-6-4-5-7-14(13)20(11)9-8-15-12(2)16(17(19)23-15)18(21)22-3/h4-7,11H,8-10,19H2,1-3H3. The Kier molecular flexibility index (Phi) is 4.31. The van der Waals surface area contributed by atoms with Gasteiger partial charge in [0.2, 0.25) is 0 Å². The number of hydrogen-bond donors (Lipinski definition) is 1. The maximum absolute atomic E-state index is 11.8. The van der Waals surface area contributed by atoms with Crippen LogP contribution in [0.4, 0.5) is 10.7 Å². The lowest BCUT2D eigenvalue weighted by Crippen LogP contribution is -2.31. The minimum Gasteiger partial charge on any atom is -0.465 e. The van der Waals surface area contributed by atoms with Crippen LogP contribution < -0.4 is 10.6 Å². The van der Waals surface area contributed by atoms with E-state index in [0.29, 0.717) is 16.6 Å². The van der Waals surface area contributed by atoms with E-state index in [1.54, 1.807) is 0 Å². The SMILES string of the molecule is COC(=O)c1c(N)sc(CCN2c3ccccc3CC2C)c1C. The highest BCUT2D eigenvalue weighted by Crippen LogP contribution is 2.34. The van der Waals surface area contributed by atoms with Crippen LogP contribution >= 0.6 is 11.3 Å². The number of nitrogens with zero attached hydrogens (tertiary/aromatic N) is 1. The van der Waals surface area contributed by atoms with Crippen LogP contribution in [-0.4, -0.2) is 25.7 Å². The van der Waals surface area contributed by atoms with Crippen LogP contribution in [0.5, 0.6) is 0 Å². The van der Waals surface area contributed by atoms with Gasteiger partial charge in [0.25, 0.3) is 0 Å². The topological polar surface area (TPSA) is 55.6 Å². The first-order valence-electron chi connectivity index (χ1n) is 7.83. The van der Waals surface area contributed by atoms with Crippen molar-refractivity contribution >= 4 is 28.0 Å². The van der Waals surface area contributed by atoms with E-state index < -0.39 is 0 Å². The Morgan fingerprint density at radius 2 is 2.17 bits per heavy atom. The van der Waals surface area contributed by atoms with Crippen LogP contribution in [0.3, 0.4) is 0 Å². The van der Waals surface area contributed by atoms with E-state index in [0.717, 1.165) is 24.9 Å². The molecule has 0 fully saturated rings. The number of carbonyl (C=O) groups excluding carboxylic acids is 1. The van der Waals surface area contributed by atoms with Crippen molar-refractivity contribution in [2.75, 3.05) is 24.3 Å². The second-order valence-electron chi connectivity index (χ2n) is 6.01. The Balaban J connectivity index is 1.78. The summed E-state index contributed by atoms with van der Waals surface area (Å²) in [5.41, 5.74) is 10.2. The normalized spacial score (nSPS) is 16.5. The zero-order valence-corrected chi connectivity index (χ0v) is 14.6. The van der Waals surface area contributed by atoms with Crippen molar-refractivity contribution in [2.24, 2.45) is 0 Å². The molecule has 2 heterocycles. The Morgan fingerprint density at radius 3 is 2.91 bits per heavy atom. The summed E-state index contributed by atoms with van der Waals surface area (Å²) >= 11 is 1.50. The number of hydrogen-bond acceptors (Lipinski definition) is 5. The number of thiophene rings is 1. The van der Waals surface area contributed by atoms with Gasteiger partial charge in [-0.1, -0.05) is 18.2 Å². The highest BCUT2D eigenvalue weighted by Gasteiger charge is 2.26. The molecular weight excluding hydrogens is 308 g/mol. The van der Waals surface area contributed by atoms with E-state index in [1.807, 2.05) is 6.92 Å². The van der Waals surface area contributed by atoms with Gasteiger partial charge in [0.05, 0.1) is 12.7 Å². The molecule has 1 unspecified atom stereocenters. The summed E-state index contributed by atoms with van der Waals surface area (Å²) in [6.45, 7) is 5.14. The molecular formula is C18H22N2O2S. The molecule has 0 radical (unpaired) electrons. The Hall–Kier alpha value is -2.01. The Bertz CT molecular complexity index is 739. The smallest absolute Gasteiger partial charge is 0.341 e. The van der Waals surface area contributed by atoms with Gasteiger partial charge in [-0.05, 0) is 43.9 Å². The number of para-hydroxylation sites is 1. The van der Waals surface area contributed by atoms with E-state index in [4.69, 9.17) is 10.5 Å². The molecule has 0 saturated carbocycles. The van der Waals surface area contributed by atoms with Crippen molar-refractivity contribution < 1.29 is 9.53 Å². The predicted octanol–water partition coefficient (Wildman–Crippen LogP) is 3.42. The predicted molar refractivity (Wildman–Crippen MR) is 95.5 cm³/mol. The monoisotopic (exact) mass is 330 g/mol. The van der Waals surface area contributed by atoms with E-state index in [1.165, 1.54) is 34.6 Å². The molecule has 23 heavy (non-hydrogen) atoms. The molecule has 0 saturated heterocycles. The summed E-state index contributed by atoms with van der Waals surface area (Å²) in [5.74, 6) is -0.345. The largest absolute Gasteiger partial charge is 0.465 e. The fourth-order valence-corrected chi connectivity index (χ4v) is 4.42. The molecule has 122 valence electrons. The molecule has 1 aliphatic rings. The second-order valence-corrected chi connectivity index (χ2v) is 7.14. The van der Waals surface area contributed by atoms with Crippen molar-refractivity contribution in [3.8, 4) is 0 Å². The molecule has 1 aromatic heterocycles. The lowest BCUT2D eigenvalue weighted by atomic mass is 10.1. The lowest BCUT2D eigenvalue weighted by Gasteiger charge is -2.24. The number of anilines is 2. The molecule has 1 aliphatic heterocycles. The van der Waals surface area contributed by atoms with E-state index in [9.17, 15) is 4.79 Å². The van der Waals surface area contributed by atoms with Crippen molar-refractivity contribution in [1.29, 1.82) is 0 Å². The van der Waals surface area contributed by atoms with Gasteiger partial charge >= 0.3 is 5.97 Å². The first-order valence-corrected chi connectivity index (χ1v) is 8.65. The number of nitrogen functional groups attached to an aromatic ring is 1. The molecule has 0 bridgehead atoms. The van der Waals surface area contributed by atoms with E-state index in [2.05, 4.69) is 36.1 Å². The molecule has 4 nitrogen and oxygen atoms in total. The lowest BCUT2D eigenvalue weighted by molar-refractivity contribution is 0.0601. The molecule has 5 heteroatoms. The summed E-state index contributed by atoms with van der Waals surface area (Å²) in [6, 6.07) is 9.09. The highest BCUT2D eigenvalue weighted by atomic mass is 32.1. The van der Waals surface area contributed by atoms with E-state index in [-0.39, 0.29) is 5.97 Å². The quantitative estimate of drug-likeness (QED) is 0.873. The molecule has 0 amide bonds. The molecule has 1 aromatic carbocycles. The summed E-state index contributed by atoms with van der Waals surface area (Å²) in [5, 5.41) is 0.555.